The third kappa shape index (κ3) is 4.36. The normalized spacial score (nSPS) is 16.9. The van der Waals surface area contributed by atoms with Crippen LogP contribution in [0.5, 0.6) is 5.75 Å². The van der Waals surface area contributed by atoms with Crippen molar-refractivity contribution in [3.8, 4) is 5.75 Å². The summed E-state index contributed by atoms with van der Waals surface area (Å²) >= 11 is 0. The van der Waals surface area contributed by atoms with E-state index >= 15 is 0 Å². The first-order valence-electron chi connectivity index (χ1n) is 6.38. The summed E-state index contributed by atoms with van der Waals surface area (Å²) in [6.07, 6.45) is 2.49. The van der Waals surface area contributed by atoms with E-state index in [1.54, 1.807) is 6.92 Å². The molecule has 0 spiro atoms. The molecule has 5 heteroatoms. The largest absolute Gasteiger partial charge is 0.493 e. The molecule has 1 aromatic rings. The number of benzene rings is 1. The Morgan fingerprint density at radius 3 is 2.89 bits per heavy atom. The van der Waals surface area contributed by atoms with Crippen LogP contribution in [0.2, 0.25) is 0 Å². The smallest absolute Gasteiger partial charge is 0.233 e. The molecule has 1 fully saturated rings. The average Bonchev–Trinajstić information content (AvgIpc) is 3.20. The van der Waals surface area contributed by atoms with Gasteiger partial charge in [0.2, 0.25) is 10.0 Å². The van der Waals surface area contributed by atoms with E-state index < -0.39 is 10.0 Å². The van der Waals surface area contributed by atoms with Crippen molar-refractivity contribution in [3.63, 3.8) is 0 Å². The van der Waals surface area contributed by atoms with Crippen LogP contribution in [0, 0.1) is 5.92 Å². The van der Waals surface area contributed by atoms with Crippen LogP contribution in [0.3, 0.4) is 0 Å². The lowest BCUT2D eigenvalue weighted by molar-refractivity contribution is 0.299. The van der Waals surface area contributed by atoms with Gasteiger partial charge in [-0.2, -0.15) is 0 Å². The first-order valence-corrected chi connectivity index (χ1v) is 7.92. The molecule has 1 aromatic carbocycles. The molecule has 0 aromatic heterocycles. The minimum Gasteiger partial charge on any atom is -0.493 e. The molecule has 1 atom stereocenters. The quantitative estimate of drug-likeness (QED) is 0.836. The van der Waals surface area contributed by atoms with Crippen molar-refractivity contribution in [2.75, 3.05) is 6.61 Å². The van der Waals surface area contributed by atoms with Gasteiger partial charge in [-0.25, -0.2) is 13.1 Å². The molecule has 0 radical (unpaired) electrons. The van der Waals surface area contributed by atoms with E-state index in [1.807, 2.05) is 24.3 Å². The van der Waals surface area contributed by atoms with Gasteiger partial charge in [-0.1, -0.05) is 18.7 Å². The maximum atomic E-state index is 11.4. The van der Waals surface area contributed by atoms with E-state index in [9.17, 15) is 8.42 Å². The summed E-state index contributed by atoms with van der Waals surface area (Å²) < 4.78 is 31.1. The lowest BCUT2D eigenvalue weighted by atomic mass is 10.1. The topological polar surface area (TPSA) is 55.4 Å². The fourth-order valence-corrected chi connectivity index (χ4v) is 2.46. The van der Waals surface area contributed by atoms with Gasteiger partial charge in [0.05, 0.1) is 6.61 Å². The number of hydrogen-bond acceptors (Lipinski definition) is 3. The van der Waals surface area contributed by atoms with Crippen LogP contribution in [0.25, 0.3) is 0 Å². The van der Waals surface area contributed by atoms with Gasteiger partial charge in [-0.05, 0) is 43.4 Å². The number of sulfonamides is 1. The van der Waals surface area contributed by atoms with Crippen molar-refractivity contribution in [2.45, 2.75) is 25.8 Å². The molecule has 0 bridgehead atoms. The highest BCUT2D eigenvalue weighted by molar-refractivity contribution is 7.92. The molecular formula is C14H19NO3S. The van der Waals surface area contributed by atoms with Crippen molar-refractivity contribution in [1.29, 1.82) is 0 Å². The van der Waals surface area contributed by atoms with Crippen molar-refractivity contribution in [1.82, 2.24) is 4.72 Å². The van der Waals surface area contributed by atoms with Crippen molar-refractivity contribution >= 4 is 10.0 Å². The van der Waals surface area contributed by atoms with Crippen LogP contribution in [0.1, 0.15) is 31.4 Å². The Kier molecular flexibility index (Phi) is 4.27. The van der Waals surface area contributed by atoms with Gasteiger partial charge in [-0.15, -0.1) is 0 Å². The van der Waals surface area contributed by atoms with Gasteiger partial charge in [0.25, 0.3) is 0 Å². The molecule has 4 nitrogen and oxygen atoms in total. The Bertz CT molecular complexity index is 550. The monoisotopic (exact) mass is 281 g/mol. The van der Waals surface area contributed by atoms with E-state index in [4.69, 9.17) is 4.74 Å². The fourth-order valence-electron chi connectivity index (χ4n) is 1.73. The molecule has 0 amide bonds. The number of nitrogens with one attached hydrogen (secondary N) is 1. The van der Waals surface area contributed by atoms with Gasteiger partial charge >= 0.3 is 0 Å². The Balaban J connectivity index is 2.02. The van der Waals surface area contributed by atoms with Crippen LogP contribution < -0.4 is 9.46 Å². The zero-order valence-electron chi connectivity index (χ0n) is 11.0. The van der Waals surface area contributed by atoms with E-state index in [0.29, 0.717) is 5.92 Å². The highest BCUT2D eigenvalue weighted by Crippen LogP contribution is 2.30. The second-order valence-corrected chi connectivity index (χ2v) is 6.54. The van der Waals surface area contributed by atoms with Gasteiger partial charge < -0.3 is 4.74 Å². The van der Waals surface area contributed by atoms with Crippen LogP contribution in [-0.2, 0) is 10.0 Å². The molecule has 0 heterocycles. The first kappa shape index (κ1) is 14.1. The Hall–Kier alpha value is -1.33. The predicted molar refractivity (Wildman–Crippen MR) is 75.3 cm³/mol. The molecule has 19 heavy (non-hydrogen) atoms. The molecule has 0 aliphatic heterocycles. The summed E-state index contributed by atoms with van der Waals surface area (Å²) in [5.74, 6) is 1.48. The van der Waals surface area contributed by atoms with Crippen LogP contribution in [-0.4, -0.2) is 15.0 Å². The summed E-state index contributed by atoms with van der Waals surface area (Å²) in [6.45, 7) is 5.82. The third-order valence-electron chi connectivity index (χ3n) is 3.10. The van der Waals surface area contributed by atoms with Crippen molar-refractivity contribution in [2.24, 2.45) is 5.92 Å². The van der Waals surface area contributed by atoms with Crippen LogP contribution in [0.15, 0.2) is 36.3 Å². The van der Waals surface area contributed by atoms with Crippen LogP contribution in [0.4, 0.5) is 0 Å². The van der Waals surface area contributed by atoms with Crippen molar-refractivity contribution < 1.29 is 13.2 Å². The Morgan fingerprint density at radius 2 is 2.26 bits per heavy atom. The zero-order valence-corrected chi connectivity index (χ0v) is 11.8. The van der Waals surface area contributed by atoms with E-state index in [1.165, 1.54) is 12.8 Å². The molecule has 1 unspecified atom stereocenters. The van der Waals surface area contributed by atoms with Gasteiger partial charge in [0.15, 0.2) is 0 Å². The van der Waals surface area contributed by atoms with E-state index in [-0.39, 0.29) is 6.04 Å². The highest BCUT2D eigenvalue weighted by atomic mass is 32.2. The van der Waals surface area contributed by atoms with E-state index in [0.717, 1.165) is 23.3 Å². The van der Waals surface area contributed by atoms with Gasteiger partial charge in [0, 0.05) is 11.4 Å². The second-order valence-electron chi connectivity index (χ2n) is 4.88. The zero-order chi connectivity index (χ0) is 13.9. The molecule has 2 rings (SSSR count). The number of rotatable bonds is 7. The van der Waals surface area contributed by atoms with E-state index in [2.05, 4.69) is 11.3 Å². The SMILES string of the molecule is C=CS(=O)(=O)NC(C)c1cccc(OCC2CC2)c1. The molecule has 1 saturated carbocycles. The number of ether oxygens (including phenoxy) is 1. The molecule has 0 saturated heterocycles. The summed E-state index contributed by atoms with van der Waals surface area (Å²) in [5.41, 5.74) is 0.874. The molecule has 104 valence electrons. The second kappa shape index (κ2) is 5.75. The average molecular weight is 281 g/mol. The third-order valence-corrected chi connectivity index (χ3v) is 4.22. The molecular weight excluding hydrogens is 262 g/mol. The minimum atomic E-state index is -3.42. The summed E-state index contributed by atoms with van der Waals surface area (Å²) in [5, 5.41) is 0.914. The lowest BCUT2D eigenvalue weighted by Crippen LogP contribution is -2.24. The van der Waals surface area contributed by atoms with Crippen molar-refractivity contribution in [3.05, 3.63) is 41.8 Å². The highest BCUT2D eigenvalue weighted by Gasteiger charge is 2.22. The number of hydrogen-bond donors (Lipinski definition) is 1. The maximum Gasteiger partial charge on any atom is 0.233 e. The van der Waals surface area contributed by atoms with Gasteiger partial charge in [0.1, 0.15) is 5.75 Å². The minimum absolute atomic E-state index is 0.313. The summed E-state index contributed by atoms with van der Waals surface area (Å²) in [6, 6.07) is 7.20. The summed E-state index contributed by atoms with van der Waals surface area (Å²) in [4.78, 5) is 0. The van der Waals surface area contributed by atoms with Gasteiger partial charge in [-0.3, -0.25) is 0 Å². The first-order chi connectivity index (χ1) is 9.00. The predicted octanol–water partition coefficient (Wildman–Crippen LogP) is 2.60. The fraction of sp³-hybridized carbons (Fsp3) is 0.429. The summed E-state index contributed by atoms with van der Waals surface area (Å²) in [7, 11) is -3.42. The molecule has 1 N–H and O–H groups in total. The molecule has 1 aliphatic rings. The van der Waals surface area contributed by atoms with Crippen LogP contribution >= 0.6 is 0 Å². The maximum absolute atomic E-state index is 11.4. The Morgan fingerprint density at radius 1 is 1.53 bits per heavy atom. The Labute approximate surface area is 114 Å². The lowest BCUT2D eigenvalue weighted by Gasteiger charge is -2.14. The molecule has 1 aliphatic carbocycles. The standard InChI is InChI=1S/C14H19NO3S/c1-3-19(16,17)15-11(2)13-5-4-6-14(9-13)18-10-12-7-8-12/h3-6,9,11-12,15H,1,7-8,10H2,2H3.